The Kier molecular flexibility index (Phi) is 4.23. The number of hydrogen-bond acceptors (Lipinski definition) is 2. The molecule has 1 N–H and O–H groups in total. The van der Waals surface area contributed by atoms with E-state index < -0.39 is 0 Å². The summed E-state index contributed by atoms with van der Waals surface area (Å²) in [5.41, 5.74) is 3.11. The van der Waals surface area contributed by atoms with Crippen LogP contribution in [-0.4, -0.2) is 49.1 Å². The zero-order chi connectivity index (χ0) is 18.6. The Morgan fingerprint density at radius 2 is 1.96 bits per heavy atom. The highest BCUT2D eigenvalue weighted by molar-refractivity contribution is 5.74. The Hall–Kier alpha value is -1.55. The summed E-state index contributed by atoms with van der Waals surface area (Å²) in [6, 6.07) is 9.89. The lowest BCUT2D eigenvalue weighted by atomic mass is 9.73. The normalized spacial score (nSPS) is 34.0. The molecule has 4 nitrogen and oxygen atoms in total. The van der Waals surface area contributed by atoms with Crippen LogP contribution in [0.25, 0.3) is 0 Å². The first-order valence-corrected chi connectivity index (χ1v) is 10.9. The van der Waals surface area contributed by atoms with Crippen molar-refractivity contribution in [2.75, 3.05) is 27.2 Å². The number of likely N-dealkylation sites (tertiary alicyclic amines) is 1. The van der Waals surface area contributed by atoms with Crippen LogP contribution in [0.2, 0.25) is 0 Å². The number of amides is 2. The van der Waals surface area contributed by atoms with Crippen LogP contribution in [0.3, 0.4) is 0 Å². The Labute approximate surface area is 166 Å². The lowest BCUT2D eigenvalue weighted by Gasteiger charge is -2.44. The SMILES string of the molecule is CN(C)C(=O)N[C@H]1CC2(CCN([C@@H]3CC4CC[C@@H]3C4)CC2)c2ccccc21.[HH].[HH]. The van der Waals surface area contributed by atoms with Gasteiger partial charge in [-0.25, -0.2) is 4.79 Å². The second-order valence-electron chi connectivity index (χ2n) is 9.75. The van der Waals surface area contributed by atoms with Crippen LogP contribution in [0.5, 0.6) is 0 Å². The van der Waals surface area contributed by atoms with Gasteiger partial charge in [0.15, 0.2) is 0 Å². The average molecular weight is 372 g/mol. The maximum absolute atomic E-state index is 12.3. The number of nitrogens with zero attached hydrogens (tertiary/aromatic N) is 2. The third-order valence-electron chi connectivity index (χ3n) is 8.13. The smallest absolute Gasteiger partial charge is 0.317 e. The number of carbonyl (C=O) groups is 1. The topological polar surface area (TPSA) is 35.6 Å². The lowest BCUT2D eigenvalue weighted by molar-refractivity contribution is 0.0812. The number of fused-ring (bicyclic) bond motifs is 4. The molecule has 0 radical (unpaired) electrons. The predicted molar refractivity (Wildman–Crippen MR) is 112 cm³/mol. The molecule has 2 saturated carbocycles. The quantitative estimate of drug-likeness (QED) is 0.835. The van der Waals surface area contributed by atoms with E-state index in [-0.39, 0.29) is 20.3 Å². The minimum absolute atomic E-state index is 0. The van der Waals surface area contributed by atoms with E-state index >= 15 is 0 Å². The van der Waals surface area contributed by atoms with E-state index in [1.54, 1.807) is 4.90 Å². The Morgan fingerprint density at radius 3 is 2.63 bits per heavy atom. The van der Waals surface area contributed by atoms with E-state index in [0.29, 0.717) is 0 Å². The van der Waals surface area contributed by atoms with Crippen molar-refractivity contribution >= 4 is 6.03 Å². The third-order valence-corrected chi connectivity index (χ3v) is 8.13. The lowest BCUT2D eigenvalue weighted by Crippen LogP contribution is -2.48. The maximum Gasteiger partial charge on any atom is 0.317 e. The van der Waals surface area contributed by atoms with Crippen molar-refractivity contribution in [3.05, 3.63) is 35.4 Å². The first-order valence-electron chi connectivity index (χ1n) is 10.9. The van der Waals surface area contributed by atoms with Crippen molar-refractivity contribution in [3.63, 3.8) is 0 Å². The van der Waals surface area contributed by atoms with Crippen molar-refractivity contribution in [3.8, 4) is 0 Å². The molecule has 3 aliphatic carbocycles. The Morgan fingerprint density at radius 1 is 1.19 bits per heavy atom. The Balaban J connectivity index is 0.00000120. The van der Waals surface area contributed by atoms with Gasteiger partial charge < -0.3 is 15.1 Å². The van der Waals surface area contributed by atoms with E-state index in [1.165, 1.54) is 62.7 Å². The maximum atomic E-state index is 12.3. The van der Waals surface area contributed by atoms with Crippen LogP contribution < -0.4 is 5.32 Å². The fourth-order valence-electron chi connectivity index (χ4n) is 6.72. The summed E-state index contributed by atoms with van der Waals surface area (Å²) in [7, 11) is 3.64. The monoisotopic (exact) mass is 371 g/mol. The Bertz CT molecular complexity index is 733. The molecule has 1 heterocycles. The van der Waals surface area contributed by atoms with Gasteiger partial charge in [0.1, 0.15) is 0 Å². The summed E-state index contributed by atoms with van der Waals surface area (Å²) < 4.78 is 0. The molecule has 1 aromatic rings. The van der Waals surface area contributed by atoms with E-state index in [0.717, 1.165) is 24.3 Å². The molecule has 1 aromatic carbocycles. The second-order valence-corrected chi connectivity index (χ2v) is 9.75. The molecule has 1 saturated heterocycles. The first-order chi connectivity index (χ1) is 13.1. The van der Waals surface area contributed by atoms with Gasteiger partial charge in [-0.1, -0.05) is 30.7 Å². The summed E-state index contributed by atoms with van der Waals surface area (Å²) >= 11 is 0. The van der Waals surface area contributed by atoms with Gasteiger partial charge in [-0.05, 0) is 74.6 Å². The standard InChI is InChI=1S/C23H33N3O.2H2/c1-25(2)22(27)24-20-15-23(19-6-4-3-5-18(19)20)9-11-26(12-10-23)21-14-16-7-8-17(21)13-16;;/h3-6,16-17,20-21H,7-15H2,1-2H3,(H,24,27);2*1H/t16?,17-,20+,21-;;/m1../s1. The summed E-state index contributed by atoms with van der Waals surface area (Å²) in [6.07, 6.45) is 9.45. The summed E-state index contributed by atoms with van der Waals surface area (Å²) in [4.78, 5) is 16.8. The highest BCUT2D eigenvalue weighted by Gasteiger charge is 2.49. The molecule has 0 aromatic heterocycles. The van der Waals surface area contributed by atoms with Gasteiger partial charge >= 0.3 is 6.03 Å². The van der Waals surface area contributed by atoms with Gasteiger partial charge in [0.05, 0.1) is 6.04 Å². The number of hydrogen-bond donors (Lipinski definition) is 1. The number of benzene rings is 1. The summed E-state index contributed by atoms with van der Waals surface area (Å²) in [5.74, 6) is 2.00. The van der Waals surface area contributed by atoms with Gasteiger partial charge in [-0.2, -0.15) is 0 Å². The molecular formula is C23H37N3O. The summed E-state index contributed by atoms with van der Waals surface area (Å²) in [6.45, 7) is 2.47. The van der Waals surface area contributed by atoms with E-state index in [2.05, 4.69) is 34.5 Å². The highest BCUT2D eigenvalue weighted by atomic mass is 16.2. The van der Waals surface area contributed by atoms with Crippen molar-refractivity contribution in [2.24, 2.45) is 11.8 Å². The van der Waals surface area contributed by atoms with Crippen LogP contribution in [0, 0.1) is 11.8 Å². The van der Waals surface area contributed by atoms with E-state index in [9.17, 15) is 4.79 Å². The molecule has 1 spiro atoms. The molecule has 2 amide bonds. The number of urea groups is 1. The molecule has 2 bridgehead atoms. The second kappa shape index (κ2) is 6.51. The minimum Gasteiger partial charge on any atom is -0.331 e. The number of rotatable bonds is 2. The molecular weight excluding hydrogens is 334 g/mol. The summed E-state index contributed by atoms with van der Waals surface area (Å²) in [5, 5.41) is 3.27. The van der Waals surface area contributed by atoms with Crippen LogP contribution in [0.1, 0.15) is 65.0 Å². The zero-order valence-electron chi connectivity index (χ0n) is 16.8. The zero-order valence-corrected chi connectivity index (χ0v) is 16.8. The van der Waals surface area contributed by atoms with Gasteiger partial charge in [-0.15, -0.1) is 0 Å². The van der Waals surface area contributed by atoms with Crippen LogP contribution >= 0.6 is 0 Å². The first kappa shape index (κ1) is 17.5. The van der Waals surface area contributed by atoms with E-state index in [1.807, 2.05) is 14.1 Å². The molecule has 4 aliphatic rings. The molecule has 4 atom stereocenters. The molecule has 4 heteroatoms. The fraction of sp³-hybridized carbons (Fsp3) is 0.696. The van der Waals surface area contributed by atoms with Crippen molar-refractivity contribution in [1.29, 1.82) is 0 Å². The molecule has 1 unspecified atom stereocenters. The van der Waals surface area contributed by atoms with Gasteiger partial charge in [0.25, 0.3) is 0 Å². The average Bonchev–Trinajstić information content (AvgIpc) is 3.38. The van der Waals surface area contributed by atoms with Crippen molar-refractivity contribution < 1.29 is 7.65 Å². The number of nitrogens with one attached hydrogen (secondary N) is 1. The van der Waals surface area contributed by atoms with Gasteiger partial charge in [-0.3, -0.25) is 0 Å². The minimum atomic E-state index is 0. The molecule has 150 valence electrons. The number of piperidine rings is 1. The van der Waals surface area contributed by atoms with Crippen LogP contribution in [0.4, 0.5) is 4.79 Å². The van der Waals surface area contributed by atoms with Gasteiger partial charge in [0, 0.05) is 28.4 Å². The highest BCUT2D eigenvalue weighted by Crippen LogP contribution is 2.53. The molecule has 27 heavy (non-hydrogen) atoms. The number of carbonyl (C=O) groups excluding carboxylic acids is 1. The fourth-order valence-corrected chi connectivity index (χ4v) is 6.72. The largest absolute Gasteiger partial charge is 0.331 e. The molecule has 5 rings (SSSR count). The van der Waals surface area contributed by atoms with E-state index in [4.69, 9.17) is 0 Å². The predicted octanol–water partition coefficient (Wildman–Crippen LogP) is 4.42. The third kappa shape index (κ3) is 2.88. The van der Waals surface area contributed by atoms with Crippen molar-refractivity contribution in [2.45, 2.75) is 62.4 Å². The van der Waals surface area contributed by atoms with Crippen LogP contribution in [-0.2, 0) is 5.41 Å². The molecule has 1 aliphatic heterocycles. The molecule has 3 fully saturated rings. The van der Waals surface area contributed by atoms with Crippen molar-refractivity contribution in [1.82, 2.24) is 15.1 Å². The van der Waals surface area contributed by atoms with Crippen LogP contribution in [0.15, 0.2) is 24.3 Å². The van der Waals surface area contributed by atoms with Gasteiger partial charge in [0.2, 0.25) is 0 Å².